The maximum absolute atomic E-state index is 13.3. The second-order valence-corrected chi connectivity index (χ2v) is 18.7. The first-order valence-electron chi connectivity index (χ1n) is 22.8. The number of imide groups is 1. The molecular formula is C47H55Cl2N9O9. The number of hydrogen-bond donors (Lipinski definition) is 4. The highest BCUT2D eigenvalue weighted by molar-refractivity contribution is 6.33. The van der Waals surface area contributed by atoms with Crippen LogP contribution in [0.5, 0.6) is 5.75 Å². The van der Waals surface area contributed by atoms with Gasteiger partial charge in [0.15, 0.2) is 18.2 Å². The Morgan fingerprint density at radius 3 is 2.40 bits per heavy atom. The third kappa shape index (κ3) is 10.2. The molecule has 4 amide bonds. The summed E-state index contributed by atoms with van der Waals surface area (Å²) in [5, 5.41) is 16.8. The number of rotatable bonds is 12. The number of likely N-dealkylation sites (N-methyl/N-ethyl adjacent to an activating group) is 1. The molecule has 18 nitrogen and oxygen atoms in total. The molecule has 20 heteroatoms. The number of pyridine rings is 1. The normalized spacial score (nSPS) is 21.3. The molecule has 67 heavy (non-hydrogen) atoms. The average molecular weight is 961 g/mol. The topological polar surface area (TPSA) is 218 Å². The molecule has 1 unspecified atom stereocenters. The fourth-order valence-corrected chi connectivity index (χ4v) is 10.4. The molecule has 1 atom stereocenters. The van der Waals surface area contributed by atoms with E-state index < -0.39 is 11.9 Å². The summed E-state index contributed by atoms with van der Waals surface area (Å²) in [5.41, 5.74) is 3.54. The van der Waals surface area contributed by atoms with Crippen molar-refractivity contribution in [2.75, 3.05) is 50.1 Å². The average Bonchev–Trinajstić information content (AvgIpc) is 3.64. The molecule has 0 bridgehead atoms. The summed E-state index contributed by atoms with van der Waals surface area (Å²) in [6.07, 6.45) is 8.30. The van der Waals surface area contributed by atoms with Gasteiger partial charge in [0.25, 0.3) is 23.8 Å². The van der Waals surface area contributed by atoms with Crippen LogP contribution in [0.3, 0.4) is 0 Å². The molecule has 0 spiro atoms. The predicted octanol–water partition coefficient (Wildman–Crippen LogP) is 5.41. The zero-order chi connectivity index (χ0) is 47.5. The Bertz CT molecular complexity index is 2610. The van der Waals surface area contributed by atoms with E-state index in [0.29, 0.717) is 51.4 Å². The summed E-state index contributed by atoms with van der Waals surface area (Å²) >= 11 is 13.6. The Balaban J connectivity index is 0.00000198. The SMILES string of the molecule is CNC(=O)COc1cc2cc(Nc3nc(N4CCC(OC5CC(N6CCC(c7ccc8c(c7Cl)CN(C7CCC(=O)NC7=O)C8=O)CC6)C5)CC4)ncc3Cl)ccc2n(C(C)C)c1=O.O=CO. The zero-order valence-electron chi connectivity index (χ0n) is 37.6. The number of anilines is 3. The molecule has 9 rings (SSSR count). The van der Waals surface area contributed by atoms with E-state index in [0.717, 1.165) is 86.7 Å². The van der Waals surface area contributed by atoms with Gasteiger partial charge in [0, 0.05) is 72.4 Å². The summed E-state index contributed by atoms with van der Waals surface area (Å²) in [6.45, 7) is 7.08. The number of nitrogens with zero attached hydrogens (tertiary/aromatic N) is 6. The predicted molar refractivity (Wildman–Crippen MR) is 251 cm³/mol. The van der Waals surface area contributed by atoms with E-state index >= 15 is 0 Å². The maximum Gasteiger partial charge on any atom is 0.293 e. The third-order valence-corrected chi connectivity index (χ3v) is 14.2. The van der Waals surface area contributed by atoms with E-state index in [1.807, 2.05) is 44.2 Å². The Labute approximate surface area is 397 Å². The monoisotopic (exact) mass is 959 g/mol. The van der Waals surface area contributed by atoms with Crippen LogP contribution in [0.25, 0.3) is 10.9 Å². The number of hydrogen-bond acceptors (Lipinski definition) is 13. The van der Waals surface area contributed by atoms with Gasteiger partial charge in [0.1, 0.15) is 11.1 Å². The number of amides is 4. The summed E-state index contributed by atoms with van der Waals surface area (Å²) in [7, 11) is 1.51. The molecule has 2 aromatic heterocycles. The van der Waals surface area contributed by atoms with E-state index in [2.05, 4.69) is 30.7 Å². The number of carbonyl (C=O) groups is 5. The largest absolute Gasteiger partial charge is 0.483 e. The van der Waals surface area contributed by atoms with Crippen molar-refractivity contribution in [3.8, 4) is 5.75 Å². The number of ether oxygens (including phenoxy) is 2. The fraction of sp³-hybridized carbons (Fsp3) is 0.489. The second-order valence-electron chi connectivity index (χ2n) is 17.9. The molecule has 4 N–H and O–H groups in total. The van der Waals surface area contributed by atoms with Crippen LogP contribution in [0.1, 0.15) is 98.7 Å². The molecule has 1 saturated carbocycles. The van der Waals surface area contributed by atoms with Crippen molar-refractivity contribution in [3.05, 3.63) is 79.7 Å². The quantitative estimate of drug-likeness (QED) is 0.103. The second kappa shape index (κ2) is 20.6. The molecule has 5 aliphatic rings. The van der Waals surface area contributed by atoms with Gasteiger partial charge in [0.2, 0.25) is 17.8 Å². The Morgan fingerprint density at radius 2 is 1.72 bits per heavy atom. The van der Waals surface area contributed by atoms with E-state index in [9.17, 15) is 24.0 Å². The van der Waals surface area contributed by atoms with Crippen LogP contribution in [-0.4, -0.2) is 124 Å². The van der Waals surface area contributed by atoms with Crippen molar-refractivity contribution in [2.45, 2.75) is 108 Å². The highest BCUT2D eigenvalue weighted by Crippen LogP contribution is 2.42. The van der Waals surface area contributed by atoms with Crippen molar-refractivity contribution < 1.29 is 38.6 Å². The maximum atomic E-state index is 13.3. The van der Waals surface area contributed by atoms with Gasteiger partial charge in [-0.25, -0.2) is 4.98 Å². The molecular weight excluding hydrogens is 905 g/mol. The molecule has 4 aromatic rings. The van der Waals surface area contributed by atoms with Gasteiger partial charge in [-0.2, -0.15) is 4.98 Å². The van der Waals surface area contributed by atoms with E-state index in [1.165, 1.54) is 7.05 Å². The molecule has 0 radical (unpaired) electrons. The summed E-state index contributed by atoms with van der Waals surface area (Å²) in [4.78, 5) is 86.6. The number of piperidine rings is 3. The van der Waals surface area contributed by atoms with Crippen molar-refractivity contribution in [3.63, 3.8) is 0 Å². The number of carbonyl (C=O) groups excluding carboxylic acids is 4. The van der Waals surface area contributed by atoms with Crippen LogP contribution in [0.4, 0.5) is 17.5 Å². The zero-order valence-corrected chi connectivity index (χ0v) is 39.1. The van der Waals surface area contributed by atoms with Crippen LogP contribution in [0, 0.1) is 0 Å². The first-order valence-corrected chi connectivity index (χ1v) is 23.5. The van der Waals surface area contributed by atoms with Gasteiger partial charge < -0.3 is 44.5 Å². The highest BCUT2D eigenvalue weighted by Gasteiger charge is 2.42. The molecule has 2 aromatic carbocycles. The Morgan fingerprint density at radius 1 is 0.985 bits per heavy atom. The molecule has 1 aliphatic carbocycles. The van der Waals surface area contributed by atoms with E-state index in [4.69, 9.17) is 47.6 Å². The van der Waals surface area contributed by atoms with Crippen LogP contribution in [0.2, 0.25) is 10.0 Å². The van der Waals surface area contributed by atoms with Gasteiger partial charge in [0.05, 0.1) is 23.9 Å². The first kappa shape index (κ1) is 47.7. The molecule has 4 fully saturated rings. The van der Waals surface area contributed by atoms with E-state index in [1.54, 1.807) is 21.7 Å². The van der Waals surface area contributed by atoms with Crippen molar-refractivity contribution >= 4 is 81.7 Å². The van der Waals surface area contributed by atoms with Gasteiger partial charge in [-0.15, -0.1) is 0 Å². The molecule has 6 heterocycles. The number of halogens is 2. The highest BCUT2D eigenvalue weighted by atomic mass is 35.5. The Kier molecular flexibility index (Phi) is 14.6. The number of benzene rings is 2. The number of nitrogens with one attached hydrogen (secondary N) is 3. The first-order chi connectivity index (χ1) is 32.3. The summed E-state index contributed by atoms with van der Waals surface area (Å²) < 4.78 is 13.9. The number of fused-ring (bicyclic) bond motifs is 2. The van der Waals surface area contributed by atoms with Gasteiger partial charge in [-0.1, -0.05) is 29.3 Å². The Hall–Kier alpha value is -5.82. The minimum Gasteiger partial charge on any atom is -0.483 e. The lowest BCUT2D eigenvalue weighted by Crippen LogP contribution is -2.52. The minimum absolute atomic E-state index is 0.0919. The number of carboxylic acid groups (broad SMARTS) is 1. The van der Waals surface area contributed by atoms with Crippen molar-refractivity contribution in [1.82, 2.24) is 35.0 Å². The van der Waals surface area contributed by atoms with Gasteiger partial charge >= 0.3 is 0 Å². The lowest BCUT2D eigenvalue weighted by Gasteiger charge is -2.47. The standard InChI is InChI=1S/C46H53Cl2N9O7.CH2O2/c1-25(2)57-36-7-4-28(18-27(36)19-38(45(57)62)63-24-40(59)49-3)51-42-35(47)22-50-46(53-42)55-16-12-30(13-17-55)64-31-20-29(21-31)54-14-10-26(11-15-54)32-5-6-33-34(41(32)48)23-56(44(33)61)37-8-9-39(58)52-43(37)60;2-1-3/h4-7,18-19,22,25-26,29-31,37H,8-17,20-21,23-24H2,1-3H3,(H,49,59)(H,50,51,53)(H,52,58,60);1H,(H,2,3). The van der Waals surface area contributed by atoms with Crippen molar-refractivity contribution in [1.29, 1.82) is 0 Å². The molecule has 3 saturated heterocycles. The lowest BCUT2D eigenvalue weighted by molar-refractivity contribution is -0.137. The van der Waals surface area contributed by atoms with E-state index in [-0.39, 0.29) is 73.3 Å². The third-order valence-electron chi connectivity index (χ3n) is 13.5. The summed E-state index contributed by atoms with van der Waals surface area (Å²) in [5.74, 6) is 0.174. The molecule has 356 valence electrons. The minimum atomic E-state index is -0.661. The number of likely N-dealkylation sites (tertiary alicyclic amines) is 1. The fourth-order valence-electron chi connectivity index (χ4n) is 9.89. The van der Waals surface area contributed by atoms with Crippen LogP contribution >= 0.6 is 23.2 Å². The lowest BCUT2D eigenvalue weighted by atomic mass is 9.83. The number of aromatic nitrogens is 3. The van der Waals surface area contributed by atoms with Crippen LogP contribution in [-0.2, 0) is 30.5 Å². The summed E-state index contributed by atoms with van der Waals surface area (Å²) in [6, 6.07) is 10.8. The van der Waals surface area contributed by atoms with Crippen LogP contribution < -0.4 is 31.1 Å². The van der Waals surface area contributed by atoms with Crippen LogP contribution in [0.15, 0.2) is 47.4 Å². The van der Waals surface area contributed by atoms with Crippen molar-refractivity contribution in [2.24, 2.45) is 0 Å². The van der Waals surface area contributed by atoms with Gasteiger partial charge in [-0.05, 0) is 114 Å². The van der Waals surface area contributed by atoms with Gasteiger partial charge in [-0.3, -0.25) is 34.1 Å². The smallest absolute Gasteiger partial charge is 0.293 e. The molecule has 4 aliphatic heterocycles.